The molecule has 0 spiro atoms. The van der Waals surface area contributed by atoms with Crippen LogP contribution in [0.1, 0.15) is 16.5 Å². The molecule has 0 N–H and O–H groups in total. The fraction of sp³-hybridized carbons (Fsp3) is 0.571. The maximum atomic E-state index is 11.6. The number of hydrogen-bond acceptors (Lipinski definition) is 5. The summed E-state index contributed by atoms with van der Waals surface area (Å²) in [5.74, 6) is -0.0694. The Bertz CT molecular complexity index is 324. The number of halogens is 3. The smallest absolute Gasteiger partial charge is 0.372 e. The number of carbonyl (C=O) groups excluding carboxylic acids is 1. The van der Waals surface area contributed by atoms with Crippen LogP contribution in [0.5, 0.6) is 0 Å². The van der Waals surface area contributed by atoms with E-state index >= 15 is 0 Å². The molecule has 15 heavy (non-hydrogen) atoms. The summed E-state index contributed by atoms with van der Waals surface area (Å²) in [5.41, 5.74) is 0. The van der Waals surface area contributed by atoms with E-state index in [9.17, 15) is 18.0 Å². The van der Waals surface area contributed by atoms with Gasteiger partial charge in [0, 0.05) is 6.42 Å². The van der Waals surface area contributed by atoms with E-state index in [0.29, 0.717) is 6.29 Å². The second kappa shape index (κ2) is 4.87. The lowest BCUT2D eigenvalue weighted by Crippen LogP contribution is -2.18. The minimum Gasteiger partial charge on any atom is -0.372 e. The number of hydrogen-bond donors (Lipinski definition) is 0. The highest BCUT2D eigenvalue weighted by Gasteiger charge is 2.27. The summed E-state index contributed by atoms with van der Waals surface area (Å²) in [4.78, 5) is 13.7. The number of ether oxygens (including phenoxy) is 1. The van der Waals surface area contributed by atoms with E-state index in [2.05, 4.69) is 19.4 Å². The zero-order valence-electron chi connectivity index (χ0n) is 7.45. The van der Waals surface area contributed by atoms with Gasteiger partial charge < -0.3 is 9.26 Å². The van der Waals surface area contributed by atoms with Gasteiger partial charge >= 0.3 is 6.18 Å². The molecule has 0 atom stereocenters. The molecule has 0 aliphatic rings. The van der Waals surface area contributed by atoms with Crippen molar-refractivity contribution in [1.82, 2.24) is 10.1 Å². The molecular weight excluding hydrogens is 217 g/mol. The summed E-state index contributed by atoms with van der Waals surface area (Å²) in [7, 11) is 0. The largest absolute Gasteiger partial charge is 0.411 e. The van der Waals surface area contributed by atoms with Gasteiger partial charge in [-0.05, 0) is 0 Å². The van der Waals surface area contributed by atoms with Gasteiger partial charge in [0.15, 0.2) is 5.82 Å². The summed E-state index contributed by atoms with van der Waals surface area (Å²) in [5, 5.41) is 3.34. The summed E-state index contributed by atoms with van der Waals surface area (Å²) >= 11 is 0. The Kier molecular flexibility index (Phi) is 3.78. The lowest BCUT2D eigenvalue weighted by Gasteiger charge is -2.05. The minimum atomic E-state index is -4.34. The molecule has 84 valence electrons. The van der Waals surface area contributed by atoms with Crippen LogP contribution in [-0.4, -0.2) is 35.8 Å². The quantitative estimate of drug-likeness (QED) is 0.551. The lowest BCUT2D eigenvalue weighted by molar-refractivity contribution is -0.173. The van der Waals surface area contributed by atoms with Crippen molar-refractivity contribution < 1.29 is 27.2 Å². The van der Waals surface area contributed by atoms with Gasteiger partial charge in [-0.15, -0.1) is 0 Å². The Hall–Kier alpha value is -1.44. The second-order valence-corrected chi connectivity index (χ2v) is 2.58. The van der Waals surface area contributed by atoms with Crippen LogP contribution < -0.4 is 0 Å². The van der Waals surface area contributed by atoms with Crippen LogP contribution in [0, 0.1) is 0 Å². The Balaban J connectivity index is 2.23. The standard InChI is InChI=1S/C7H7F3N2O3/c8-7(9,10)4-14-2-1-5-11-6(3-13)15-12-5/h3H,1-2,4H2. The van der Waals surface area contributed by atoms with Gasteiger partial charge in [-0.25, -0.2) is 0 Å². The van der Waals surface area contributed by atoms with Crippen molar-refractivity contribution in [2.24, 2.45) is 0 Å². The molecule has 0 aromatic carbocycles. The van der Waals surface area contributed by atoms with E-state index in [1.54, 1.807) is 0 Å². The third-order valence-corrected chi connectivity index (χ3v) is 1.32. The molecule has 5 nitrogen and oxygen atoms in total. The van der Waals surface area contributed by atoms with Gasteiger partial charge in [0.25, 0.3) is 5.89 Å². The maximum absolute atomic E-state index is 11.6. The van der Waals surface area contributed by atoms with Gasteiger partial charge in [0.2, 0.25) is 6.29 Å². The monoisotopic (exact) mass is 224 g/mol. The first-order valence-electron chi connectivity index (χ1n) is 3.93. The predicted molar refractivity (Wildman–Crippen MR) is 40.3 cm³/mol. The van der Waals surface area contributed by atoms with Crippen LogP contribution in [0.3, 0.4) is 0 Å². The van der Waals surface area contributed by atoms with E-state index in [-0.39, 0.29) is 24.7 Å². The third-order valence-electron chi connectivity index (χ3n) is 1.32. The average molecular weight is 224 g/mol. The number of aldehydes is 1. The van der Waals surface area contributed by atoms with Crippen molar-refractivity contribution in [3.8, 4) is 0 Å². The fourth-order valence-electron chi connectivity index (χ4n) is 0.768. The molecule has 0 radical (unpaired) electrons. The van der Waals surface area contributed by atoms with Crippen molar-refractivity contribution in [3.63, 3.8) is 0 Å². The molecular formula is C7H7F3N2O3. The zero-order chi connectivity index (χ0) is 11.3. The van der Waals surface area contributed by atoms with Crippen molar-refractivity contribution >= 4 is 6.29 Å². The van der Waals surface area contributed by atoms with Crippen molar-refractivity contribution in [3.05, 3.63) is 11.7 Å². The SMILES string of the molecule is O=Cc1nc(CCOCC(F)(F)F)no1. The molecule has 0 unspecified atom stereocenters. The Morgan fingerprint density at radius 2 is 2.20 bits per heavy atom. The first-order chi connectivity index (χ1) is 7.01. The van der Waals surface area contributed by atoms with E-state index in [0.717, 1.165) is 0 Å². The van der Waals surface area contributed by atoms with Crippen LogP contribution in [0.4, 0.5) is 13.2 Å². The van der Waals surface area contributed by atoms with E-state index < -0.39 is 12.8 Å². The molecule has 0 bridgehead atoms. The first-order valence-corrected chi connectivity index (χ1v) is 3.93. The van der Waals surface area contributed by atoms with Gasteiger partial charge in [-0.2, -0.15) is 18.2 Å². The Morgan fingerprint density at radius 3 is 2.73 bits per heavy atom. The van der Waals surface area contributed by atoms with E-state index in [4.69, 9.17) is 0 Å². The topological polar surface area (TPSA) is 65.2 Å². The first kappa shape index (κ1) is 11.6. The highest BCUT2D eigenvalue weighted by molar-refractivity contribution is 5.66. The summed E-state index contributed by atoms with van der Waals surface area (Å²) < 4.78 is 43.6. The van der Waals surface area contributed by atoms with Gasteiger partial charge in [0.05, 0.1) is 6.61 Å². The van der Waals surface area contributed by atoms with E-state index in [1.165, 1.54) is 0 Å². The molecule has 0 aliphatic carbocycles. The highest BCUT2D eigenvalue weighted by Crippen LogP contribution is 2.14. The number of carbonyl (C=O) groups is 1. The normalized spacial score (nSPS) is 11.7. The molecule has 0 amide bonds. The van der Waals surface area contributed by atoms with E-state index in [1.807, 2.05) is 0 Å². The molecule has 8 heteroatoms. The molecule has 1 aromatic rings. The van der Waals surface area contributed by atoms with Crippen LogP contribution in [-0.2, 0) is 11.2 Å². The molecule has 0 saturated carbocycles. The van der Waals surface area contributed by atoms with Crippen LogP contribution in [0.15, 0.2) is 4.52 Å². The number of aromatic nitrogens is 2. The maximum Gasteiger partial charge on any atom is 0.411 e. The van der Waals surface area contributed by atoms with Crippen molar-refractivity contribution in [1.29, 1.82) is 0 Å². The van der Waals surface area contributed by atoms with Crippen LogP contribution in [0.2, 0.25) is 0 Å². The molecule has 0 fully saturated rings. The molecule has 1 aromatic heterocycles. The molecule has 1 heterocycles. The molecule has 0 saturated heterocycles. The predicted octanol–water partition coefficient (Wildman–Crippen LogP) is 1.00. The van der Waals surface area contributed by atoms with Crippen molar-refractivity contribution in [2.45, 2.75) is 12.6 Å². The van der Waals surface area contributed by atoms with Crippen LogP contribution in [0.25, 0.3) is 0 Å². The van der Waals surface area contributed by atoms with Crippen molar-refractivity contribution in [2.75, 3.05) is 13.2 Å². The average Bonchev–Trinajstić information content (AvgIpc) is 2.59. The third kappa shape index (κ3) is 4.54. The fourth-order valence-corrected chi connectivity index (χ4v) is 0.768. The summed E-state index contributed by atoms with van der Waals surface area (Å²) in [6.07, 6.45) is -3.92. The molecule has 0 aliphatic heterocycles. The Labute approximate surface area is 82.2 Å². The van der Waals surface area contributed by atoms with Crippen LogP contribution >= 0.6 is 0 Å². The highest BCUT2D eigenvalue weighted by atomic mass is 19.4. The molecule has 1 rings (SSSR count). The second-order valence-electron chi connectivity index (χ2n) is 2.58. The number of nitrogens with zero attached hydrogens (tertiary/aromatic N) is 2. The summed E-state index contributed by atoms with van der Waals surface area (Å²) in [6, 6.07) is 0. The minimum absolute atomic E-state index is 0.0629. The van der Waals surface area contributed by atoms with Gasteiger partial charge in [-0.3, -0.25) is 4.79 Å². The zero-order valence-corrected chi connectivity index (χ0v) is 7.45. The van der Waals surface area contributed by atoms with Gasteiger partial charge in [0.1, 0.15) is 6.61 Å². The Morgan fingerprint density at radius 1 is 1.47 bits per heavy atom. The lowest BCUT2D eigenvalue weighted by atomic mass is 10.4. The summed E-state index contributed by atoms with van der Waals surface area (Å²) in [6.45, 7) is -1.50. The number of rotatable bonds is 5. The number of alkyl halides is 3. The van der Waals surface area contributed by atoms with Gasteiger partial charge in [-0.1, -0.05) is 5.16 Å².